The quantitative estimate of drug-likeness (QED) is 0.214. The van der Waals surface area contributed by atoms with E-state index in [1.807, 2.05) is 19.1 Å². The first-order chi connectivity index (χ1) is 21.0. The van der Waals surface area contributed by atoms with Gasteiger partial charge in [0.25, 0.3) is 17.2 Å². The second-order valence-corrected chi connectivity index (χ2v) is 11.4. The number of carbonyl (C=O) groups is 2. The van der Waals surface area contributed by atoms with Crippen molar-refractivity contribution in [3.05, 3.63) is 109 Å². The van der Waals surface area contributed by atoms with Crippen LogP contribution in [-0.4, -0.2) is 47.6 Å². The Kier molecular flexibility index (Phi) is 7.14. The Morgan fingerprint density at radius 3 is 2.39 bits per heavy atom. The highest BCUT2D eigenvalue weighted by molar-refractivity contribution is 6.47. The Labute approximate surface area is 251 Å². The van der Waals surface area contributed by atoms with Crippen molar-refractivity contribution in [3.63, 3.8) is 0 Å². The lowest BCUT2D eigenvalue weighted by atomic mass is 10.00. The highest BCUT2D eigenvalue weighted by Gasteiger charge is 2.31. The fourth-order valence-electron chi connectivity index (χ4n) is 5.57. The summed E-state index contributed by atoms with van der Waals surface area (Å²) in [4.78, 5) is 62.2. The minimum atomic E-state index is -0.674. The molecule has 6 rings (SSSR count). The normalized spacial score (nSPS) is 13.8. The van der Waals surface area contributed by atoms with Gasteiger partial charge in [-0.05, 0) is 50.5 Å². The van der Waals surface area contributed by atoms with E-state index in [-0.39, 0.29) is 35.2 Å². The summed E-state index contributed by atoms with van der Waals surface area (Å²) in [6.07, 6.45) is 1.58. The van der Waals surface area contributed by atoms with E-state index in [0.29, 0.717) is 28.5 Å². The summed E-state index contributed by atoms with van der Waals surface area (Å²) in [5.41, 5.74) is 2.44. The van der Waals surface area contributed by atoms with Crippen molar-refractivity contribution in [2.24, 2.45) is 7.05 Å². The molecular weight excluding hydrogens is 565 g/mol. The molecular formula is C32H32FN7O4. The van der Waals surface area contributed by atoms with Crippen LogP contribution < -0.4 is 16.1 Å². The number of amides is 1. The molecule has 0 spiro atoms. The van der Waals surface area contributed by atoms with Crippen LogP contribution in [0.1, 0.15) is 70.4 Å². The number of likely N-dealkylation sites (N-methyl/N-ethyl adjacent to an activating group) is 1. The summed E-state index contributed by atoms with van der Waals surface area (Å²) < 4.78 is 18.6. The minimum Gasteiger partial charge on any atom is -0.336 e. The first-order valence-electron chi connectivity index (χ1n) is 14.4. The largest absolute Gasteiger partial charge is 0.336 e. The second-order valence-electron chi connectivity index (χ2n) is 11.4. The molecule has 0 radical (unpaired) electrons. The topological polar surface area (TPSA) is 128 Å². The third-order valence-electron chi connectivity index (χ3n) is 8.45. The molecule has 2 aromatic carbocycles. The van der Waals surface area contributed by atoms with Gasteiger partial charge in [-0.3, -0.25) is 28.2 Å². The van der Waals surface area contributed by atoms with Crippen LogP contribution in [-0.2, 0) is 18.4 Å². The lowest BCUT2D eigenvalue weighted by Crippen LogP contribution is -2.40. The summed E-state index contributed by atoms with van der Waals surface area (Å²) in [5.74, 6) is -1.60. The molecule has 1 aliphatic carbocycles. The summed E-state index contributed by atoms with van der Waals surface area (Å²) in [5, 5.41) is 4.24. The SMILES string of the molecule is Cc1nn(C)c(C)c1C(=O)C(=O)N(C)c1ccc(C(C)c2nc3c([nH]2)c(=O)n(Cc2ccccc2F)c(=O)n3C2CC2)cc1. The molecule has 0 aliphatic heterocycles. The number of hydrogen-bond donors (Lipinski definition) is 1. The first kappa shape index (κ1) is 29.0. The Morgan fingerprint density at radius 2 is 1.77 bits per heavy atom. The van der Waals surface area contributed by atoms with E-state index in [4.69, 9.17) is 4.98 Å². The number of carbonyl (C=O) groups excluding carboxylic acids is 2. The van der Waals surface area contributed by atoms with E-state index in [9.17, 15) is 23.6 Å². The molecule has 3 aromatic heterocycles. The number of imidazole rings is 1. The molecule has 226 valence electrons. The molecule has 3 heterocycles. The van der Waals surface area contributed by atoms with Crippen molar-refractivity contribution in [2.45, 2.75) is 52.1 Å². The monoisotopic (exact) mass is 597 g/mol. The number of hydrogen-bond acceptors (Lipinski definition) is 6. The van der Waals surface area contributed by atoms with Crippen molar-refractivity contribution in [1.29, 1.82) is 0 Å². The van der Waals surface area contributed by atoms with Crippen LogP contribution in [0, 0.1) is 19.7 Å². The van der Waals surface area contributed by atoms with Gasteiger partial charge in [-0.1, -0.05) is 37.3 Å². The highest BCUT2D eigenvalue weighted by atomic mass is 19.1. The fourth-order valence-corrected chi connectivity index (χ4v) is 5.57. The maximum Gasteiger partial charge on any atom is 0.333 e. The van der Waals surface area contributed by atoms with E-state index in [0.717, 1.165) is 23.0 Å². The third kappa shape index (κ3) is 4.85. The lowest BCUT2D eigenvalue weighted by molar-refractivity contribution is -0.114. The molecule has 44 heavy (non-hydrogen) atoms. The van der Waals surface area contributed by atoms with Gasteiger partial charge in [-0.25, -0.2) is 14.2 Å². The van der Waals surface area contributed by atoms with E-state index in [1.165, 1.54) is 15.5 Å². The molecule has 5 aromatic rings. The number of halogens is 1. The number of anilines is 1. The van der Waals surface area contributed by atoms with Gasteiger partial charge in [0.05, 0.1) is 17.8 Å². The molecule has 1 fully saturated rings. The van der Waals surface area contributed by atoms with E-state index in [2.05, 4.69) is 10.1 Å². The summed E-state index contributed by atoms with van der Waals surface area (Å²) in [6.45, 7) is 5.17. The highest BCUT2D eigenvalue weighted by Crippen LogP contribution is 2.35. The third-order valence-corrected chi connectivity index (χ3v) is 8.45. The molecule has 1 amide bonds. The van der Waals surface area contributed by atoms with Gasteiger partial charge >= 0.3 is 5.69 Å². The number of rotatable bonds is 8. The van der Waals surface area contributed by atoms with Gasteiger partial charge in [-0.2, -0.15) is 5.10 Å². The van der Waals surface area contributed by atoms with Gasteiger partial charge in [0.15, 0.2) is 5.65 Å². The van der Waals surface area contributed by atoms with E-state index in [1.54, 1.807) is 63.0 Å². The lowest BCUT2D eigenvalue weighted by Gasteiger charge is -2.18. The van der Waals surface area contributed by atoms with Gasteiger partial charge in [0.2, 0.25) is 0 Å². The van der Waals surface area contributed by atoms with E-state index < -0.39 is 28.8 Å². The van der Waals surface area contributed by atoms with Gasteiger partial charge < -0.3 is 9.88 Å². The Bertz CT molecular complexity index is 2070. The number of benzene rings is 2. The Hall–Kier alpha value is -5.13. The molecule has 1 N–H and O–H groups in total. The average molecular weight is 598 g/mol. The van der Waals surface area contributed by atoms with Crippen LogP contribution in [0.15, 0.2) is 58.1 Å². The zero-order valence-electron chi connectivity index (χ0n) is 25.1. The fraction of sp³-hybridized carbons (Fsp3) is 0.312. The van der Waals surface area contributed by atoms with Crippen LogP contribution in [0.3, 0.4) is 0 Å². The molecule has 0 bridgehead atoms. The summed E-state index contributed by atoms with van der Waals surface area (Å²) in [7, 11) is 3.27. The van der Waals surface area contributed by atoms with Crippen LogP contribution in [0.25, 0.3) is 11.2 Å². The number of aromatic amines is 1. The number of Topliss-reactive ketones (excluding diaryl/α,β-unsaturated/α-hetero) is 1. The zero-order chi connectivity index (χ0) is 31.4. The van der Waals surface area contributed by atoms with Crippen molar-refractivity contribution in [1.82, 2.24) is 28.9 Å². The molecule has 12 heteroatoms. The Balaban J connectivity index is 1.30. The van der Waals surface area contributed by atoms with Gasteiger partial charge in [0, 0.05) is 43.0 Å². The minimum absolute atomic E-state index is 0.0711. The molecule has 1 atom stereocenters. The van der Waals surface area contributed by atoms with Crippen LogP contribution in [0.5, 0.6) is 0 Å². The molecule has 1 saturated carbocycles. The molecule has 1 aliphatic rings. The Morgan fingerprint density at radius 1 is 1.09 bits per heavy atom. The number of ketones is 1. The van der Waals surface area contributed by atoms with Gasteiger partial charge in [-0.15, -0.1) is 0 Å². The maximum atomic E-state index is 14.4. The number of nitrogens with one attached hydrogen (secondary N) is 1. The number of aryl methyl sites for hydroxylation is 2. The van der Waals surface area contributed by atoms with E-state index >= 15 is 0 Å². The molecule has 11 nitrogen and oxygen atoms in total. The predicted molar refractivity (Wildman–Crippen MR) is 163 cm³/mol. The summed E-state index contributed by atoms with van der Waals surface area (Å²) >= 11 is 0. The summed E-state index contributed by atoms with van der Waals surface area (Å²) in [6, 6.07) is 13.1. The predicted octanol–water partition coefficient (Wildman–Crippen LogP) is 3.76. The second kappa shape index (κ2) is 10.9. The van der Waals surface area contributed by atoms with Gasteiger partial charge in [0.1, 0.15) is 17.2 Å². The van der Waals surface area contributed by atoms with Crippen LogP contribution in [0.2, 0.25) is 0 Å². The van der Waals surface area contributed by atoms with Crippen molar-refractivity contribution < 1.29 is 14.0 Å². The molecule has 1 unspecified atom stereocenters. The number of H-pyrrole nitrogens is 1. The van der Waals surface area contributed by atoms with Crippen LogP contribution >= 0.6 is 0 Å². The van der Waals surface area contributed by atoms with Crippen molar-refractivity contribution >= 4 is 28.5 Å². The smallest absolute Gasteiger partial charge is 0.333 e. The average Bonchev–Trinajstić information content (AvgIpc) is 3.69. The molecule has 0 saturated heterocycles. The zero-order valence-corrected chi connectivity index (χ0v) is 25.1. The number of nitrogens with zero attached hydrogens (tertiary/aromatic N) is 6. The number of aromatic nitrogens is 6. The maximum absolute atomic E-state index is 14.4. The van der Waals surface area contributed by atoms with Crippen LogP contribution in [0.4, 0.5) is 10.1 Å². The standard InChI is InChI=1S/C32H32FN7O4/c1-17(20-10-12-22(13-11-20)37(4)31(43)27(41)25-18(2)36-38(5)19(25)3)28-34-26-29(35-28)40(23-14-15-23)32(44)39(30(26)42)16-21-8-6-7-9-24(21)33/h6-13,17,23H,14-16H2,1-5H3,(H,34,35). The first-order valence-corrected chi connectivity index (χ1v) is 14.4. The van der Waals surface area contributed by atoms with Crippen molar-refractivity contribution in [3.8, 4) is 0 Å². The number of fused-ring (bicyclic) bond motifs is 1. The van der Waals surface area contributed by atoms with Crippen molar-refractivity contribution in [2.75, 3.05) is 11.9 Å².